The van der Waals surface area contributed by atoms with Crippen LogP contribution < -0.4 is 21.3 Å². The highest BCUT2D eigenvalue weighted by Crippen LogP contribution is 2.32. The van der Waals surface area contributed by atoms with Crippen molar-refractivity contribution in [2.24, 2.45) is 0 Å². The van der Waals surface area contributed by atoms with E-state index < -0.39 is 29.4 Å². The average Bonchev–Trinajstić information content (AvgIpc) is 3.31. The van der Waals surface area contributed by atoms with Crippen LogP contribution >= 0.6 is 0 Å². The van der Waals surface area contributed by atoms with Gasteiger partial charge in [-0.05, 0) is 18.1 Å². The second kappa shape index (κ2) is 12.7. The highest BCUT2D eigenvalue weighted by Gasteiger charge is 2.39. The van der Waals surface area contributed by atoms with Crippen molar-refractivity contribution in [2.45, 2.75) is 24.9 Å². The molecule has 2 heterocycles. The zero-order valence-electron chi connectivity index (χ0n) is 19.4. The van der Waals surface area contributed by atoms with Crippen molar-refractivity contribution in [1.29, 1.82) is 0 Å². The Hall–Kier alpha value is -2.93. The van der Waals surface area contributed by atoms with Crippen LogP contribution in [0.2, 0.25) is 0 Å². The Morgan fingerprint density at radius 2 is 2.14 bits per heavy atom. The number of nitrogens with one attached hydrogen (secondary N) is 4. The van der Waals surface area contributed by atoms with Crippen molar-refractivity contribution in [2.75, 3.05) is 46.4 Å². The Balaban J connectivity index is 1.45. The molecule has 1 aromatic heterocycles. The molecule has 2 aliphatic rings. The lowest BCUT2D eigenvalue weighted by molar-refractivity contribution is -0.141. The van der Waals surface area contributed by atoms with E-state index >= 15 is 0 Å². The van der Waals surface area contributed by atoms with Crippen molar-refractivity contribution >= 4 is 5.78 Å². The Morgan fingerprint density at radius 3 is 2.80 bits per heavy atom. The summed E-state index contributed by atoms with van der Waals surface area (Å²) in [6.07, 6.45) is 6.77. The Morgan fingerprint density at radius 1 is 1.31 bits per heavy atom. The number of halogens is 3. The van der Waals surface area contributed by atoms with Gasteiger partial charge in [0.2, 0.25) is 0 Å². The molecule has 2 atom stereocenters. The van der Waals surface area contributed by atoms with E-state index in [-0.39, 0.29) is 19.1 Å². The molecule has 0 amide bonds. The molecule has 12 heteroatoms. The number of methoxy groups -OCH3 is 1. The zero-order valence-corrected chi connectivity index (χ0v) is 19.4. The number of hydrogen-bond acceptors (Lipinski definition) is 8. The van der Waals surface area contributed by atoms with Crippen LogP contribution in [0.4, 0.5) is 13.2 Å². The van der Waals surface area contributed by atoms with Crippen LogP contribution in [-0.2, 0) is 10.9 Å². The number of alkyl halides is 3. The van der Waals surface area contributed by atoms with Gasteiger partial charge in [-0.25, -0.2) is 0 Å². The fourth-order valence-electron chi connectivity index (χ4n) is 3.57. The third-order valence-electron chi connectivity index (χ3n) is 5.44. The standard InChI is InChI=1S/C23H31F3N6O3/c1-35-12-11-28-20-8-7-16(13-30-20)22(34)29-10-9-27-14-19(33)18-15-32(17-5-3-2-4-6-17)31-21(18)23(24,25)26/h2-5,7-8,15,17,22,27-30,34H,6,9-14H2,1H3. The van der Waals surface area contributed by atoms with Gasteiger partial charge < -0.3 is 25.8 Å². The molecule has 9 nitrogen and oxygen atoms in total. The second-order valence-electron chi connectivity index (χ2n) is 8.04. The highest BCUT2D eigenvalue weighted by molar-refractivity contribution is 5.98. The molecule has 2 unspecified atom stereocenters. The van der Waals surface area contributed by atoms with E-state index in [0.717, 1.165) is 17.6 Å². The largest absolute Gasteiger partial charge is 0.435 e. The first-order valence-corrected chi connectivity index (χ1v) is 11.3. The summed E-state index contributed by atoms with van der Waals surface area (Å²) in [5.74, 6) is 0.132. The summed E-state index contributed by atoms with van der Waals surface area (Å²) in [5.41, 5.74) is -0.907. The molecule has 1 aliphatic heterocycles. The lowest BCUT2D eigenvalue weighted by Gasteiger charge is -2.22. The Bertz CT molecular complexity index is 984. The van der Waals surface area contributed by atoms with Crippen molar-refractivity contribution < 1.29 is 27.8 Å². The number of rotatable bonds is 13. The molecule has 192 valence electrons. The average molecular weight is 497 g/mol. The second-order valence-corrected chi connectivity index (χ2v) is 8.04. The van der Waals surface area contributed by atoms with Crippen molar-refractivity contribution in [3.8, 4) is 0 Å². The third kappa shape index (κ3) is 7.79. The topological polar surface area (TPSA) is 112 Å². The van der Waals surface area contributed by atoms with Crippen molar-refractivity contribution in [1.82, 2.24) is 31.0 Å². The van der Waals surface area contributed by atoms with E-state index in [1.54, 1.807) is 25.3 Å². The minimum atomic E-state index is -4.73. The van der Waals surface area contributed by atoms with Crippen LogP contribution in [0.25, 0.3) is 0 Å². The van der Waals surface area contributed by atoms with Crippen LogP contribution in [0.15, 0.2) is 54.0 Å². The molecule has 0 spiro atoms. The van der Waals surface area contributed by atoms with Gasteiger partial charge in [0.15, 0.2) is 11.5 Å². The van der Waals surface area contributed by atoms with E-state index in [9.17, 15) is 23.1 Å². The SMILES string of the molecule is COCCNC1=CC=C(C(O)NCCNCC(=O)c2cn(C3C=CC=CC3)nc2C(F)(F)F)CN1. The number of aliphatic hydroxyl groups excluding tert-OH is 1. The summed E-state index contributed by atoms with van der Waals surface area (Å²) in [7, 11) is 1.62. The molecule has 0 saturated heterocycles. The number of Topliss-reactive ketones (excluding diaryl/α,β-unsaturated/α-hetero) is 1. The molecule has 5 N–H and O–H groups in total. The van der Waals surface area contributed by atoms with Gasteiger partial charge in [-0.1, -0.05) is 30.4 Å². The molecule has 3 rings (SSSR count). The van der Waals surface area contributed by atoms with Gasteiger partial charge in [-0.2, -0.15) is 18.3 Å². The van der Waals surface area contributed by atoms with Gasteiger partial charge in [-0.3, -0.25) is 14.8 Å². The van der Waals surface area contributed by atoms with E-state index in [4.69, 9.17) is 4.74 Å². The number of hydrogen-bond donors (Lipinski definition) is 5. The molecule has 0 saturated carbocycles. The monoisotopic (exact) mass is 496 g/mol. The fraction of sp³-hybridized carbons (Fsp3) is 0.478. The predicted octanol–water partition coefficient (Wildman–Crippen LogP) is 1.25. The molecular formula is C23H31F3N6O3. The Labute approximate surface area is 201 Å². The van der Waals surface area contributed by atoms with E-state index in [2.05, 4.69) is 26.4 Å². The lowest BCUT2D eigenvalue weighted by atomic mass is 10.1. The molecule has 0 bridgehead atoms. The van der Waals surface area contributed by atoms with Crippen LogP contribution in [0.3, 0.4) is 0 Å². The smallest absolute Gasteiger partial charge is 0.383 e. The third-order valence-corrected chi connectivity index (χ3v) is 5.44. The number of ether oxygens (including phenoxy) is 1. The van der Waals surface area contributed by atoms with Crippen LogP contribution in [-0.4, -0.2) is 73.3 Å². The number of ketones is 1. The summed E-state index contributed by atoms with van der Waals surface area (Å²) < 4.78 is 46.5. The van der Waals surface area contributed by atoms with Crippen molar-refractivity contribution in [3.05, 3.63) is 65.3 Å². The van der Waals surface area contributed by atoms with Crippen LogP contribution in [0.5, 0.6) is 0 Å². The van der Waals surface area contributed by atoms with Crippen molar-refractivity contribution in [3.63, 3.8) is 0 Å². The maximum atomic E-state index is 13.5. The summed E-state index contributed by atoms with van der Waals surface area (Å²) >= 11 is 0. The summed E-state index contributed by atoms with van der Waals surface area (Å²) in [4.78, 5) is 12.5. The van der Waals surface area contributed by atoms with Crippen LogP contribution in [0, 0.1) is 0 Å². The molecule has 1 aliphatic carbocycles. The van der Waals surface area contributed by atoms with Gasteiger partial charge >= 0.3 is 6.18 Å². The normalized spacial score (nSPS) is 18.6. The number of aromatic nitrogens is 2. The number of carbonyl (C=O) groups is 1. The van der Waals surface area contributed by atoms with Gasteiger partial charge in [0.25, 0.3) is 0 Å². The summed E-state index contributed by atoms with van der Waals surface area (Å²) in [5, 5.41) is 26.0. The van der Waals surface area contributed by atoms with Gasteiger partial charge in [0.05, 0.1) is 30.6 Å². The molecule has 1 aromatic rings. The van der Waals surface area contributed by atoms with Gasteiger partial charge in [-0.15, -0.1) is 0 Å². The number of aliphatic hydroxyl groups is 1. The maximum Gasteiger partial charge on any atom is 0.435 e. The lowest BCUT2D eigenvalue weighted by Crippen LogP contribution is -2.41. The van der Waals surface area contributed by atoms with Crippen LogP contribution in [0.1, 0.15) is 28.5 Å². The first-order chi connectivity index (χ1) is 16.8. The molecule has 0 aromatic carbocycles. The number of allylic oxidation sites excluding steroid dienone is 6. The minimum absolute atomic E-state index is 0.273. The summed E-state index contributed by atoms with van der Waals surface area (Å²) in [6, 6.07) is -0.364. The molecule has 35 heavy (non-hydrogen) atoms. The Kier molecular flexibility index (Phi) is 9.66. The van der Waals surface area contributed by atoms with Gasteiger partial charge in [0.1, 0.15) is 6.23 Å². The predicted molar refractivity (Wildman–Crippen MR) is 124 cm³/mol. The molecular weight excluding hydrogens is 465 g/mol. The van der Waals surface area contributed by atoms with E-state index in [1.807, 2.05) is 18.2 Å². The molecule has 0 fully saturated rings. The number of carbonyl (C=O) groups excluding carboxylic acids is 1. The minimum Gasteiger partial charge on any atom is -0.383 e. The van der Waals surface area contributed by atoms with E-state index in [1.165, 1.54) is 4.68 Å². The highest BCUT2D eigenvalue weighted by atomic mass is 19.4. The maximum absolute atomic E-state index is 13.5. The quantitative estimate of drug-likeness (QED) is 0.158. The molecule has 0 radical (unpaired) electrons. The fourth-order valence-corrected chi connectivity index (χ4v) is 3.57. The number of dihydropyridines is 1. The first kappa shape index (κ1) is 26.7. The van der Waals surface area contributed by atoms with Gasteiger partial charge in [0, 0.05) is 39.5 Å². The first-order valence-electron chi connectivity index (χ1n) is 11.3. The van der Waals surface area contributed by atoms with E-state index in [0.29, 0.717) is 32.7 Å². The number of nitrogens with zero attached hydrogens (tertiary/aromatic N) is 2. The summed E-state index contributed by atoms with van der Waals surface area (Å²) in [6.45, 7) is 1.97. The zero-order chi connectivity index (χ0) is 25.3.